The Kier molecular flexibility index (Phi) is 49.7. The average molecular weight is 916 g/mol. The first-order valence-electron chi connectivity index (χ1n) is 27.1. The summed E-state index contributed by atoms with van der Waals surface area (Å²) in [4.78, 5) is 26.2. The number of allylic oxidation sites excluding steroid dienone is 18. The van der Waals surface area contributed by atoms with Crippen molar-refractivity contribution in [1.29, 1.82) is 0 Å². The van der Waals surface area contributed by atoms with Gasteiger partial charge in [-0.15, -0.1) is 0 Å². The topological polar surface area (TPSA) is 95.9 Å². The molecule has 1 amide bonds. The fraction of sp³-hybridized carbons (Fsp3) is 0.667. The van der Waals surface area contributed by atoms with E-state index in [1.165, 1.54) is 83.5 Å². The number of carbonyl (C=O) groups is 2. The number of aliphatic hydroxyl groups is 2. The predicted octanol–water partition coefficient (Wildman–Crippen LogP) is 16.7. The molecule has 0 aromatic heterocycles. The van der Waals surface area contributed by atoms with Crippen LogP contribution >= 0.6 is 0 Å². The van der Waals surface area contributed by atoms with E-state index in [1.807, 2.05) is 0 Å². The van der Waals surface area contributed by atoms with Crippen LogP contribution in [0.15, 0.2) is 109 Å². The number of rotatable bonds is 47. The van der Waals surface area contributed by atoms with Crippen LogP contribution in [0.4, 0.5) is 0 Å². The number of amides is 1. The summed E-state index contributed by atoms with van der Waals surface area (Å²) in [5, 5.41) is 23.8. The SMILES string of the molecule is CC/C=C\C/C=C\C/C=C\C/C=C\C/C=C\CCCC(=O)OC(CCC/C=C/C/C=C/C/C=C/C/C=C/CC)CC(=O)NC(CO)C(O)CCCCCCCCCCCCCCCCCC. The minimum atomic E-state index is -0.819. The highest BCUT2D eigenvalue weighted by Crippen LogP contribution is 2.17. The summed E-state index contributed by atoms with van der Waals surface area (Å²) in [5.74, 6) is -0.605. The molecule has 3 N–H and O–H groups in total. The van der Waals surface area contributed by atoms with Crippen molar-refractivity contribution < 1.29 is 24.5 Å². The highest BCUT2D eigenvalue weighted by molar-refractivity contribution is 5.77. The van der Waals surface area contributed by atoms with Gasteiger partial charge in [0.05, 0.1) is 25.2 Å². The van der Waals surface area contributed by atoms with Gasteiger partial charge in [0.2, 0.25) is 5.91 Å². The molecule has 0 fully saturated rings. The third-order valence-corrected chi connectivity index (χ3v) is 11.6. The van der Waals surface area contributed by atoms with Crippen LogP contribution in [0, 0.1) is 0 Å². The van der Waals surface area contributed by atoms with Gasteiger partial charge in [0.1, 0.15) is 6.10 Å². The Bertz CT molecular complexity index is 1350. The molecular weight excluding hydrogens is 815 g/mol. The Balaban J connectivity index is 4.72. The third-order valence-electron chi connectivity index (χ3n) is 11.6. The van der Waals surface area contributed by atoms with Crippen LogP contribution in [0.5, 0.6) is 0 Å². The first kappa shape index (κ1) is 62.5. The maximum absolute atomic E-state index is 13.2. The molecule has 0 aliphatic rings. The van der Waals surface area contributed by atoms with Crippen molar-refractivity contribution in [2.24, 2.45) is 0 Å². The van der Waals surface area contributed by atoms with Crippen LogP contribution in [-0.4, -0.2) is 46.9 Å². The molecule has 66 heavy (non-hydrogen) atoms. The number of unbranched alkanes of at least 4 members (excludes halogenated alkanes) is 17. The average Bonchev–Trinajstić information content (AvgIpc) is 3.31. The zero-order valence-corrected chi connectivity index (χ0v) is 42.8. The molecule has 376 valence electrons. The second kappa shape index (κ2) is 52.5. The Hall–Kier alpha value is -3.48. The fourth-order valence-corrected chi connectivity index (χ4v) is 7.58. The van der Waals surface area contributed by atoms with Crippen LogP contribution in [0.3, 0.4) is 0 Å². The van der Waals surface area contributed by atoms with Crippen molar-refractivity contribution in [2.45, 2.75) is 251 Å². The summed E-state index contributed by atoms with van der Waals surface area (Å²) in [6.07, 6.45) is 71.6. The quantitative estimate of drug-likeness (QED) is 0.0321. The number of esters is 1. The standard InChI is InChI=1S/C60H101NO5/c1-4-7-10-13-16-19-22-25-28-30-32-35-38-41-44-47-50-53-60(65)66-56(51-48-45-42-39-36-33-27-24-21-18-15-12-9-6-3)54-59(64)61-57(55-62)58(63)52-49-46-43-40-37-34-31-29-26-23-20-17-14-11-8-5-2/h7,9-10,12,16,18-19,21,25,27-28,32-33,35,39,41-42,44,56-58,62-63H,4-6,8,11,13-15,17,20,22-24,26,29-31,34,36-38,40,43,45-55H2,1-3H3,(H,61,64)/b10-7-,12-9+,19-16-,21-18+,28-25-,33-27+,35-32-,42-39+,44-41-. The maximum atomic E-state index is 13.2. The number of carbonyl (C=O) groups excluding carboxylic acids is 2. The van der Waals surface area contributed by atoms with E-state index in [0.29, 0.717) is 25.7 Å². The van der Waals surface area contributed by atoms with E-state index in [2.05, 4.69) is 135 Å². The smallest absolute Gasteiger partial charge is 0.306 e. The molecule has 0 spiro atoms. The van der Waals surface area contributed by atoms with Crippen LogP contribution < -0.4 is 5.32 Å². The van der Waals surface area contributed by atoms with Gasteiger partial charge in [0.25, 0.3) is 0 Å². The molecule has 0 aliphatic heterocycles. The molecule has 3 atom stereocenters. The van der Waals surface area contributed by atoms with E-state index >= 15 is 0 Å². The summed E-state index contributed by atoms with van der Waals surface area (Å²) in [5.41, 5.74) is 0. The van der Waals surface area contributed by atoms with Crippen molar-refractivity contribution in [2.75, 3.05) is 6.61 Å². The molecule has 0 saturated carbocycles. The van der Waals surface area contributed by atoms with Gasteiger partial charge in [0.15, 0.2) is 0 Å². The van der Waals surface area contributed by atoms with Gasteiger partial charge < -0.3 is 20.3 Å². The molecule has 0 saturated heterocycles. The molecule has 6 nitrogen and oxygen atoms in total. The number of hydrogen-bond donors (Lipinski definition) is 3. The van der Waals surface area contributed by atoms with Gasteiger partial charge >= 0.3 is 5.97 Å². The van der Waals surface area contributed by atoms with E-state index in [0.717, 1.165) is 96.3 Å². The maximum Gasteiger partial charge on any atom is 0.306 e. The largest absolute Gasteiger partial charge is 0.462 e. The van der Waals surface area contributed by atoms with Gasteiger partial charge in [-0.1, -0.05) is 233 Å². The monoisotopic (exact) mass is 916 g/mol. The van der Waals surface area contributed by atoms with Crippen LogP contribution in [0.1, 0.15) is 233 Å². The normalized spacial score (nSPS) is 14.1. The number of nitrogens with one attached hydrogen (secondary N) is 1. The number of ether oxygens (including phenoxy) is 1. The molecule has 0 bridgehead atoms. The van der Waals surface area contributed by atoms with Crippen molar-refractivity contribution in [3.05, 3.63) is 109 Å². The highest BCUT2D eigenvalue weighted by atomic mass is 16.5. The zero-order valence-electron chi connectivity index (χ0n) is 42.8. The van der Waals surface area contributed by atoms with Crippen molar-refractivity contribution in [3.8, 4) is 0 Å². The van der Waals surface area contributed by atoms with Gasteiger partial charge in [-0.25, -0.2) is 0 Å². The number of hydrogen-bond acceptors (Lipinski definition) is 5. The first-order valence-corrected chi connectivity index (χ1v) is 27.1. The first-order chi connectivity index (χ1) is 32.5. The minimum absolute atomic E-state index is 0.0109. The lowest BCUT2D eigenvalue weighted by atomic mass is 10.0. The van der Waals surface area contributed by atoms with Gasteiger partial charge in [-0.3, -0.25) is 9.59 Å². The van der Waals surface area contributed by atoms with E-state index < -0.39 is 18.2 Å². The lowest BCUT2D eigenvalue weighted by Gasteiger charge is -2.24. The zero-order chi connectivity index (χ0) is 48.1. The molecule has 0 radical (unpaired) electrons. The molecule has 3 unspecified atom stereocenters. The summed E-state index contributed by atoms with van der Waals surface area (Å²) >= 11 is 0. The van der Waals surface area contributed by atoms with E-state index in [9.17, 15) is 19.8 Å². The van der Waals surface area contributed by atoms with Crippen molar-refractivity contribution in [1.82, 2.24) is 5.32 Å². The van der Waals surface area contributed by atoms with Crippen LogP contribution in [-0.2, 0) is 14.3 Å². The molecule has 6 heteroatoms. The van der Waals surface area contributed by atoms with E-state index in [1.54, 1.807) is 0 Å². The van der Waals surface area contributed by atoms with Crippen LogP contribution in [0.2, 0.25) is 0 Å². The van der Waals surface area contributed by atoms with Gasteiger partial charge in [-0.2, -0.15) is 0 Å². The summed E-state index contributed by atoms with van der Waals surface area (Å²) in [7, 11) is 0. The Morgan fingerprint density at radius 3 is 1.21 bits per heavy atom. The predicted molar refractivity (Wildman–Crippen MR) is 287 cm³/mol. The molecule has 0 aromatic rings. The second-order valence-electron chi connectivity index (χ2n) is 17.9. The minimum Gasteiger partial charge on any atom is -0.462 e. The molecular formula is C60H101NO5. The van der Waals surface area contributed by atoms with Crippen molar-refractivity contribution in [3.63, 3.8) is 0 Å². The van der Waals surface area contributed by atoms with E-state index in [-0.39, 0.29) is 24.9 Å². The van der Waals surface area contributed by atoms with E-state index in [4.69, 9.17) is 4.74 Å². The summed E-state index contributed by atoms with van der Waals surface area (Å²) in [6, 6.07) is -0.738. The van der Waals surface area contributed by atoms with Crippen LogP contribution in [0.25, 0.3) is 0 Å². The van der Waals surface area contributed by atoms with Gasteiger partial charge in [-0.05, 0) is 96.3 Å². The highest BCUT2D eigenvalue weighted by Gasteiger charge is 2.24. The Morgan fingerprint density at radius 1 is 0.455 bits per heavy atom. The molecule has 0 rings (SSSR count). The van der Waals surface area contributed by atoms with Gasteiger partial charge in [0, 0.05) is 6.42 Å². The Labute approximate surface area is 407 Å². The molecule has 0 heterocycles. The fourth-order valence-electron chi connectivity index (χ4n) is 7.58. The lowest BCUT2D eigenvalue weighted by molar-refractivity contribution is -0.151. The Morgan fingerprint density at radius 2 is 0.818 bits per heavy atom. The lowest BCUT2D eigenvalue weighted by Crippen LogP contribution is -2.46. The summed E-state index contributed by atoms with van der Waals surface area (Å²) in [6.45, 7) is 6.23. The van der Waals surface area contributed by atoms with Crippen molar-refractivity contribution >= 4 is 11.9 Å². The molecule has 0 aliphatic carbocycles. The number of aliphatic hydroxyl groups excluding tert-OH is 2. The summed E-state index contributed by atoms with van der Waals surface area (Å²) < 4.78 is 5.88. The third kappa shape index (κ3) is 47.0. The second-order valence-corrected chi connectivity index (χ2v) is 17.9. The molecule has 0 aromatic carbocycles.